The average molecular weight is 493 g/mol. The van der Waals surface area contributed by atoms with Crippen LogP contribution in [0.15, 0.2) is 42.5 Å². The lowest BCUT2D eigenvalue weighted by Gasteiger charge is -2.42. The Morgan fingerprint density at radius 1 is 0.879 bits per heavy atom. The molecule has 4 rings (SSSR count). The summed E-state index contributed by atoms with van der Waals surface area (Å²) in [5.74, 6) is 0.605. The first-order valence-corrected chi connectivity index (χ1v) is 12.6. The molecule has 0 aromatic heterocycles. The smallest absolute Gasteiger partial charge is 0.121 e. The molecule has 2 aromatic carbocycles. The molecule has 1 atom stereocenters. The van der Waals surface area contributed by atoms with Gasteiger partial charge in [-0.25, -0.2) is 0 Å². The van der Waals surface area contributed by atoms with Crippen molar-refractivity contribution in [2.45, 2.75) is 50.2 Å². The molecule has 2 heterocycles. The Labute approximate surface area is 206 Å². The molecule has 7 heteroatoms. The summed E-state index contributed by atoms with van der Waals surface area (Å²) in [6.07, 6.45) is 3.65. The van der Waals surface area contributed by atoms with Crippen LogP contribution >= 0.6 is 23.2 Å². The predicted octanol–water partition coefficient (Wildman–Crippen LogP) is 4.93. The highest BCUT2D eigenvalue weighted by atomic mass is 35.5. The maximum Gasteiger partial charge on any atom is 0.121 e. The number of likely N-dealkylation sites (tertiary alicyclic amines) is 1. The molecule has 2 aliphatic rings. The lowest BCUT2D eigenvalue weighted by molar-refractivity contribution is -0.0283. The van der Waals surface area contributed by atoms with Crippen LogP contribution in [0.25, 0.3) is 0 Å². The number of nitrogens with zero attached hydrogens (tertiary/aromatic N) is 2. The number of anilines is 1. The summed E-state index contributed by atoms with van der Waals surface area (Å²) in [7, 11) is 0. The van der Waals surface area contributed by atoms with E-state index < -0.39 is 11.2 Å². The number of halogens is 2. The zero-order chi connectivity index (χ0) is 23.5. The number of β-amino-alcohol motifs (C(OH)–C–C–N with tert-alkyl or cyclic N) is 1. The lowest BCUT2D eigenvalue weighted by Crippen LogP contribution is -2.51. The fourth-order valence-electron chi connectivity index (χ4n) is 4.98. The first-order chi connectivity index (χ1) is 15.8. The van der Waals surface area contributed by atoms with Crippen LogP contribution in [0.4, 0.5) is 5.69 Å². The van der Waals surface area contributed by atoms with E-state index in [1.165, 1.54) is 11.3 Å². The molecular weight excluding hydrogens is 459 g/mol. The van der Waals surface area contributed by atoms with Crippen molar-refractivity contribution >= 4 is 28.9 Å². The molecule has 2 aromatic rings. The fraction of sp³-hybridized carbons (Fsp3) is 0.538. The summed E-state index contributed by atoms with van der Waals surface area (Å²) in [6, 6.07) is 13.6. The number of hydrogen-bond donors (Lipinski definition) is 2. The highest BCUT2D eigenvalue weighted by molar-refractivity contribution is 6.42. The van der Waals surface area contributed by atoms with Gasteiger partial charge in [0.2, 0.25) is 0 Å². The van der Waals surface area contributed by atoms with E-state index in [2.05, 4.69) is 41.0 Å². The van der Waals surface area contributed by atoms with Gasteiger partial charge in [-0.05, 0) is 69.3 Å². The molecule has 2 N–H and O–H groups in total. The molecule has 180 valence electrons. The van der Waals surface area contributed by atoms with Crippen molar-refractivity contribution < 1.29 is 14.9 Å². The third-order valence-electron chi connectivity index (χ3n) is 7.08. The number of para-hydroxylation sites is 1. The van der Waals surface area contributed by atoms with E-state index in [-0.39, 0.29) is 6.61 Å². The third-order valence-corrected chi connectivity index (χ3v) is 7.82. The fourth-order valence-corrected chi connectivity index (χ4v) is 5.27. The third kappa shape index (κ3) is 6.34. The van der Waals surface area contributed by atoms with Gasteiger partial charge < -0.3 is 24.7 Å². The van der Waals surface area contributed by atoms with Gasteiger partial charge in [0.05, 0.1) is 21.2 Å². The van der Waals surface area contributed by atoms with Gasteiger partial charge in [0.15, 0.2) is 0 Å². The van der Waals surface area contributed by atoms with Crippen LogP contribution in [0.2, 0.25) is 10.0 Å². The molecule has 2 saturated heterocycles. The summed E-state index contributed by atoms with van der Waals surface area (Å²) in [5, 5.41) is 23.4. The summed E-state index contributed by atoms with van der Waals surface area (Å²) in [4.78, 5) is 4.69. The van der Waals surface area contributed by atoms with Crippen molar-refractivity contribution in [1.82, 2.24) is 4.90 Å². The minimum absolute atomic E-state index is 0.217. The molecule has 2 aliphatic heterocycles. The first kappa shape index (κ1) is 24.6. The van der Waals surface area contributed by atoms with Gasteiger partial charge in [-0.2, -0.15) is 0 Å². The predicted molar refractivity (Wildman–Crippen MR) is 135 cm³/mol. The zero-order valence-corrected chi connectivity index (χ0v) is 20.8. The molecule has 5 nitrogen and oxygen atoms in total. The van der Waals surface area contributed by atoms with Crippen LogP contribution in [0.5, 0.6) is 5.75 Å². The second kappa shape index (κ2) is 10.4. The normalized spacial score (nSPS) is 23.8. The summed E-state index contributed by atoms with van der Waals surface area (Å²) >= 11 is 12.0. The molecule has 0 amide bonds. The lowest BCUT2D eigenvalue weighted by atomic mass is 9.90. The van der Waals surface area contributed by atoms with Crippen LogP contribution < -0.4 is 9.64 Å². The second-order valence-corrected chi connectivity index (χ2v) is 10.5. The average Bonchev–Trinajstić information content (AvgIpc) is 2.97. The van der Waals surface area contributed by atoms with Gasteiger partial charge in [-0.3, -0.25) is 0 Å². The number of aryl methyl sites for hydroxylation is 1. The first-order valence-electron chi connectivity index (χ1n) is 11.8. The molecule has 0 saturated carbocycles. The van der Waals surface area contributed by atoms with Crippen LogP contribution in [0.3, 0.4) is 0 Å². The van der Waals surface area contributed by atoms with E-state index in [9.17, 15) is 10.2 Å². The Morgan fingerprint density at radius 3 is 2.33 bits per heavy atom. The Kier molecular flexibility index (Phi) is 7.76. The van der Waals surface area contributed by atoms with Gasteiger partial charge in [0.1, 0.15) is 12.4 Å². The molecular formula is C26H34Cl2N2O3. The van der Waals surface area contributed by atoms with Crippen molar-refractivity contribution in [1.29, 1.82) is 0 Å². The molecule has 0 radical (unpaired) electrons. The SMILES string of the molecule is Cc1ccccc1N1CCC(O)(CN2CCCC(O)(COc3ccc(Cl)c(Cl)c3)CC2)CC1. The topological polar surface area (TPSA) is 56.2 Å². The molecule has 0 spiro atoms. The van der Waals surface area contributed by atoms with Gasteiger partial charge in [0, 0.05) is 37.9 Å². The van der Waals surface area contributed by atoms with Crippen LogP contribution in [-0.4, -0.2) is 65.6 Å². The Morgan fingerprint density at radius 2 is 1.61 bits per heavy atom. The maximum atomic E-state index is 11.3. The molecule has 1 unspecified atom stereocenters. The molecule has 2 fully saturated rings. The Hall–Kier alpha value is -1.50. The maximum absolute atomic E-state index is 11.3. The number of benzene rings is 2. The van der Waals surface area contributed by atoms with Crippen LogP contribution in [-0.2, 0) is 0 Å². The Balaban J connectivity index is 1.28. The van der Waals surface area contributed by atoms with E-state index in [4.69, 9.17) is 27.9 Å². The highest BCUT2D eigenvalue weighted by Gasteiger charge is 2.37. The highest BCUT2D eigenvalue weighted by Crippen LogP contribution is 2.31. The second-order valence-electron chi connectivity index (χ2n) is 9.72. The van der Waals surface area contributed by atoms with Crippen molar-refractivity contribution in [3.05, 3.63) is 58.1 Å². The Bertz CT molecular complexity index is 949. The van der Waals surface area contributed by atoms with Crippen molar-refractivity contribution in [3.63, 3.8) is 0 Å². The monoisotopic (exact) mass is 492 g/mol. The van der Waals surface area contributed by atoms with Gasteiger partial charge in [-0.15, -0.1) is 0 Å². The van der Waals surface area contributed by atoms with E-state index >= 15 is 0 Å². The van der Waals surface area contributed by atoms with Crippen molar-refractivity contribution in [2.75, 3.05) is 44.2 Å². The van der Waals surface area contributed by atoms with Gasteiger partial charge in [-0.1, -0.05) is 41.4 Å². The van der Waals surface area contributed by atoms with E-state index in [1.54, 1.807) is 18.2 Å². The number of aliphatic hydroxyl groups is 2. The largest absolute Gasteiger partial charge is 0.491 e. The van der Waals surface area contributed by atoms with E-state index in [0.29, 0.717) is 35.2 Å². The van der Waals surface area contributed by atoms with Crippen molar-refractivity contribution in [3.8, 4) is 5.75 Å². The standard InChI is InChI=1S/C26H34Cl2N2O3/c1-20-5-2-3-6-24(20)30-15-11-25(31,12-16-30)18-29-13-4-9-26(32,10-14-29)19-33-21-7-8-22(27)23(28)17-21/h2-3,5-8,17,31-32H,4,9-16,18-19H2,1H3. The van der Waals surface area contributed by atoms with Crippen LogP contribution in [0.1, 0.15) is 37.7 Å². The summed E-state index contributed by atoms with van der Waals surface area (Å²) in [5.41, 5.74) is 0.967. The molecule has 0 bridgehead atoms. The minimum Gasteiger partial charge on any atom is -0.491 e. The van der Waals surface area contributed by atoms with Crippen molar-refractivity contribution in [2.24, 2.45) is 0 Å². The van der Waals surface area contributed by atoms with Crippen LogP contribution in [0, 0.1) is 6.92 Å². The van der Waals surface area contributed by atoms with Gasteiger partial charge >= 0.3 is 0 Å². The minimum atomic E-state index is -0.891. The van der Waals surface area contributed by atoms with E-state index in [0.717, 1.165) is 45.4 Å². The zero-order valence-electron chi connectivity index (χ0n) is 19.3. The van der Waals surface area contributed by atoms with E-state index in [1.807, 2.05) is 0 Å². The summed E-state index contributed by atoms with van der Waals surface area (Å²) in [6.45, 7) is 6.34. The number of ether oxygens (including phenoxy) is 1. The quantitative estimate of drug-likeness (QED) is 0.598. The molecule has 33 heavy (non-hydrogen) atoms. The number of rotatable bonds is 6. The number of hydrogen-bond acceptors (Lipinski definition) is 5. The molecule has 0 aliphatic carbocycles. The summed E-state index contributed by atoms with van der Waals surface area (Å²) < 4.78 is 5.84. The van der Waals surface area contributed by atoms with Gasteiger partial charge in [0.25, 0.3) is 0 Å². The number of piperidine rings is 1.